The van der Waals surface area contributed by atoms with Gasteiger partial charge >= 0.3 is 5.97 Å². The van der Waals surface area contributed by atoms with Crippen molar-refractivity contribution in [1.29, 1.82) is 0 Å². The van der Waals surface area contributed by atoms with Crippen molar-refractivity contribution in [1.82, 2.24) is 10.1 Å². The second-order valence-corrected chi connectivity index (χ2v) is 6.59. The second kappa shape index (κ2) is 6.98. The molecule has 0 aliphatic carbocycles. The van der Waals surface area contributed by atoms with Crippen LogP contribution in [0.3, 0.4) is 0 Å². The first kappa shape index (κ1) is 17.0. The molecule has 6 nitrogen and oxygen atoms in total. The molecule has 0 fully saturated rings. The molecule has 0 saturated heterocycles. The SMILES string of the molecule is Nc1c(Cl)c(Cl)nc(C(=O)OCc2cc(-c3cccs3)on2)c1Cl. The summed E-state index contributed by atoms with van der Waals surface area (Å²) in [6.45, 7) is -0.119. The summed E-state index contributed by atoms with van der Waals surface area (Å²) in [4.78, 5) is 16.8. The van der Waals surface area contributed by atoms with Crippen molar-refractivity contribution >= 4 is 57.8 Å². The molecule has 3 aromatic rings. The van der Waals surface area contributed by atoms with Gasteiger partial charge in [0.15, 0.2) is 16.6 Å². The first-order valence-corrected chi connectivity index (χ1v) is 8.45. The number of ether oxygens (including phenoxy) is 1. The Morgan fingerprint density at radius 2 is 2.12 bits per heavy atom. The van der Waals surface area contributed by atoms with Crippen molar-refractivity contribution in [3.8, 4) is 10.6 Å². The van der Waals surface area contributed by atoms with Crippen molar-refractivity contribution in [2.75, 3.05) is 5.73 Å². The van der Waals surface area contributed by atoms with Gasteiger partial charge in [-0.15, -0.1) is 11.3 Å². The maximum Gasteiger partial charge on any atom is 0.359 e. The fraction of sp³-hybridized carbons (Fsp3) is 0.0714. The van der Waals surface area contributed by atoms with Gasteiger partial charge < -0.3 is 15.0 Å². The van der Waals surface area contributed by atoms with E-state index >= 15 is 0 Å². The molecule has 0 radical (unpaired) electrons. The Balaban J connectivity index is 1.73. The minimum atomic E-state index is -0.800. The van der Waals surface area contributed by atoms with Crippen LogP contribution in [-0.4, -0.2) is 16.1 Å². The van der Waals surface area contributed by atoms with Gasteiger partial charge in [0.05, 0.1) is 15.6 Å². The summed E-state index contributed by atoms with van der Waals surface area (Å²) in [5.41, 5.74) is 5.85. The van der Waals surface area contributed by atoms with Crippen LogP contribution in [0.25, 0.3) is 10.6 Å². The number of anilines is 1. The summed E-state index contributed by atoms with van der Waals surface area (Å²) in [5, 5.41) is 5.49. The fourth-order valence-electron chi connectivity index (χ4n) is 1.79. The number of nitrogens with two attached hydrogens (primary N) is 1. The number of esters is 1. The average molecular weight is 405 g/mol. The zero-order valence-electron chi connectivity index (χ0n) is 11.8. The third-order valence-corrected chi connectivity index (χ3v) is 4.96. The lowest BCUT2D eigenvalue weighted by Gasteiger charge is -2.08. The van der Waals surface area contributed by atoms with Crippen LogP contribution in [-0.2, 0) is 11.3 Å². The van der Waals surface area contributed by atoms with Crippen LogP contribution < -0.4 is 5.73 Å². The Morgan fingerprint density at radius 3 is 2.83 bits per heavy atom. The molecule has 0 atom stereocenters. The van der Waals surface area contributed by atoms with Crippen LogP contribution in [0.1, 0.15) is 16.2 Å². The fourth-order valence-corrected chi connectivity index (χ4v) is 3.05. The molecule has 0 bridgehead atoms. The summed E-state index contributed by atoms with van der Waals surface area (Å²) >= 11 is 19.1. The quantitative estimate of drug-likeness (QED) is 0.501. The molecule has 3 aromatic heterocycles. The zero-order valence-corrected chi connectivity index (χ0v) is 14.8. The lowest BCUT2D eigenvalue weighted by Crippen LogP contribution is -2.10. The van der Waals surface area contributed by atoms with E-state index in [0.29, 0.717) is 11.5 Å². The molecule has 10 heteroatoms. The molecule has 0 aliphatic heterocycles. The van der Waals surface area contributed by atoms with Crippen LogP contribution in [0.15, 0.2) is 28.1 Å². The maximum atomic E-state index is 12.1. The average Bonchev–Trinajstić information content (AvgIpc) is 3.24. The molecule has 3 heterocycles. The van der Waals surface area contributed by atoms with Crippen molar-refractivity contribution < 1.29 is 14.1 Å². The number of hydrogen-bond donors (Lipinski definition) is 1. The van der Waals surface area contributed by atoms with Gasteiger partial charge in [0.25, 0.3) is 0 Å². The summed E-state index contributed by atoms with van der Waals surface area (Å²) in [5.74, 6) is -0.211. The Labute approximate surface area is 155 Å². The van der Waals surface area contributed by atoms with Crippen molar-refractivity contribution in [3.63, 3.8) is 0 Å². The van der Waals surface area contributed by atoms with Crippen molar-refractivity contribution in [2.24, 2.45) is 0 Å². The summed E-state index contributed by atoms with van der Waals surface area (Å²) in [7, 11) is 0. The Bertz CT molecular complexity index is 896. The number of nitrogen functional groups attached to an aromatic ring is 1. The van der Waals surface area contributed by atoms with Crippen LogP contribution in [0, 0.1) is 0 Å². The van der Waals surface area contributed by atoms with Gasteiger partial charge in [-0.05, 0) is 11.4 Å². The first-order valence-electron chi connectivity index (χ1n) is 6.44. The van der Waals surface area contributed by atoms with Crippen molar-refractivity contribution in [2.45, 2.75) is 6.61 Å². The van der Waals surface area contributed by atoms with E-state index in [1.165, 1.54) is 11.3 Å². The number of rotatable bonds is 4. The predicted octanol–water partition coefficient (Wildman–Crippen LogP) is 4.70. The van der Waals surface area contributed by atoms with Crippen LogP contribution in [0.4, 0.5) is 5.69 Å². The summed E-state index contributed by atoms with van der Waals surface area (Å²) in [6.07, 6.45) is 0. The predicted molar refractivity (Wildman–Crippen MR) is 92.6 cm³/mol. The van der Waals surface area contributed by atoms with E-state index < -0.39 is 5.97 Å². The van der Waals surface area contributed by atoms with E-state index in [0.717, 1.165) is 4.88 Å². The summed E-state index contributed by atoms with van der Waals surface area (Å²) < 4.78 is 10.3. The third-order valence-electron chi connectivity index (χ3n) is 2.94. The Morgan fingerprint density at radius 1 is 1.33 bits per heavy atom. The van der Waals surface area contributed by atoms with Crippen LogP contribution >= 0.6 is 46.1 Å². The molecular formula is C14H8Cl3N3O3S. The maximum absolute atomic E-state index is 12.1. The number of carbonyl (C=O) groups is 1. The molecular weight excluding hydrogens is 397 g/mol. The normalized spacial score (nSPS) is 10.8. The van der Waals surface area contributed by atoms with Gasteiger partial charge in [-0.1, -0.05) is 46.0 Å². The molecule has 0 aliphatic rings. The minimum absolute atomic E-state index is 0.0182. The van der Waals surface area contributed by atoms with E-state index in [9.17, 15) is 4.79 Å². The molecule has 0 unspecified atom stereocenters. The van der Waals surface area contributed by atoms with E-state index in [2.05, 4.69) is 10.1 Å². The number of pyridine rings is 1. The summed E-state index contributed by atoms with van der Waals surface area (Å²) in [6, 6.07) is 5.46. The highest BCUT2D eigenvalue weighted by Gasteiger charge is 2.21. The monoisotopic (exact) mass is 403 g/mol. The molecule has 0 spiro atoms. The number of halogens is 3. The molecule has 2 N–H and O–H groups in total. The Hall–Kier alpha value is -1.80. The van der Waals surface area contributed by atoms with E-state index in [-0.39, 0.29) is 33.2 Å². The molecule has 3 rings (SSSR count). The van der Waals surface area contributed by atoms with E-state index in [1.807, 2.05) is 17.5 Å². The molecule has 0 saturated carbocycles. The number of hydrogen-bond acceptors (Lipinski definition) is 7. The van der Waals surface area contributed by atoms with Crippen LogP contribution in [0.2, 0.25) is 15.2 Å². The van der Waals surface area contributed by atoms with Gasteiger partial charge in [-0.2, -0.15) is 0 Å². The van der Waals surface area contributed by atoms with Gasteiger partial charge in [0.2, 0.25) is 0 Å². The number of carbonyl (C=O) groups excluding carboxylic acids is 1. The molecule has 24 heavy (non-hydrogen) atoms. The smallest absolute Gasteiger partial charge is 0.359 e. The largest absolute Gasteiger partial charge is 0.454 e. The molecule has 0 amide bonds. The van der Waals surface area contributed by atoms with Gasteiger partial charge in [0.1, 0.15) is 17.3 Å². The topological polar surface area (TPSA) is 91.2 Å². The molecule has 124 valence electrons. The number of aromatic nitrogens is 2. The molecule has 0 aromatic carbocycles. The highest BCUT2D eigenvalue weighted by molar-refractivity contribution is 7.13. The van der Waals surface area contributed by atoms with Gasteiger partial charge in [0, 0.05) is 6.07 Å². The lowest BCUT2D eigenvalue weighted by atomic mass is 10.3. The third kappa shape index (κ3) is 3.34. The highest BCUT2D eigenvalue weighted by Crippen LogP contribution is 2.34. The van der Waals surface area contributed by atoms with Crippen LogP contribution in [0.5, 0.6) is 0 Å². The van der Waals surface area contributed by atoms with Crippen molar-refractivity contribution in [3.05, 3.63) is 50.2 Å². The second-order valence-electron chi connectivity index (χ2n) is 4.53. The van der Waals surface area contributed by atoms with Gasteiger partial charge in [-0.25, -0.2) is 9.78 Å². The first-order chi connectivity index (χ1) is 11.5. The van der Waals surface area contributed by atoms with E-state index in [1.54, 1.807) is 6.07 Å². The highest BCUT2D eigenvalue weighted by atomic mass is 35.5. The number of thiophene rings is 1. The Kier molecular flexibility index (Phi) is 4.96. The lowest BCUT2D eigenvalue weighted by molar-refractivity contribution is 0.0457. The minimum Gasteiger partial charge on any atom is -0.454 e. The van der Waals surface area contributed by atoms with E-state index in [4.69, 9.17) is 49.8 Å². The number of nitrogens with zero attached hydrogens (tertiary/aromatic N) is 2. The zero-order chi connectivity index (χ0) is 17.3. The standard InChI is InChI=1S/C14H8Cl3N3O3S/c15-9-11(18)10(16)13(17)19-12(9)14(21)22-5-6-4-7(23-20-6)8-2-1-3-24-8/h1-4H,5H2,(H2,18,19). The van der Waals surface area contributed by atoms with Gasteiger partial charge in [-0.3, -0.25) is 0 Å².